The van der Waals surface area contributed by atoms with Gasteiger partial charge in [0.05, 0.1) is 12.3 Å². The zero-order valence-corrected chi connectivity index (χ0v) is 17.3. The van der Waals surface area contributed by atoms with Gasteiger partial charge in [0, 0.05) is 36.8 Å². The predicted molar refractivity (Wildman–Crippen MR) is 111 cm³/mol. The molecule has 0 bridgehead atoms. The number of piperazine rings is 1. The van der Waals surface area contributed by atoms with Crippen molar-refractivity contribution in [3.8, 4) is 11.5 Å². The third kappa shape index (κ3) is 5.02. The average molecular weight is 433 g/mol. The van der Waals surface area contributed by atoms with Crippen molar-refractivity contribution in [3.63, 3.8) is 0 Å². The summed E-state index contributed by atoms with van der Waals surface area (Å²) in [5.74, 6) is 1.06. The van der Waals surface area contributed by atoms with Crippen molar-refractivity contribution >= 4 is 21.6 Å². The van der Waals surface area contributed by atoms with Crippen LogP contribution >= 0.6 is 11.6 Å². The number of aromatic nitrogens is 2. The second-order valence-corrected chi connectivity index (χ2v) is 9.35. The third-order valence-corrected chi connectivity index (χ3v) is 6.94. The van der Waals surface area contributed by atoms with Crippen molar-refractivity contribution in [3.05, 3.63) is 71.0 Å². The molecule has 1 fully saturated rings. The molecule has 7 nitrogen and oxygen atoms in total. The summed E-state index contributed by atoms with van der Waals surface area (Å²) in [6.45, 7) is 2.68. The van der Waals surface area contributed by atoms with E-state index in [4.69, 9.17) is 16.1 Å². The fourth-order valence-corrected chi connectivity index (χ4v) is 4.91. The van der Waals surface area contributed by atoms with Crippen LogP contribution in [0.5, 0.6) is 0 Å². The molecule has 2 heterocycles. The first kappa shape index (κ1) is 20.0. The van der Waals surface area contributed by atoms with Crippen LogP contribution in [0.2, 0.25) is 5.02 Å². The smallest absolute Gasteiger partial charge is 0.257 e. The Kier molecular flexibility index (Phi) is 5.96. The number of nitrogens with zero attached hydrogens (tertiary/aromatic N) is 4. The van der Waals surface area contributed by atoms with Gasteiger partial charge in [-0.25, -0.2) is 8.42 Å². The number of benzene rings is 2. The molecule has 1 aromatic heterocycles. The lowest BCUT2D eigenvalue weighted by Crippen LogP contribution is -2.48. The molecule has 0 spiro atoms. The Labute approximate surface area is 174 Å². The molecule has 0 amide bonds. The summed E-state index contributed by atoms with van der Waals surface area (Å²) in [5.41, 5.74) is 1.61. The van der Waals surface area contributed by atoms with Crippen LogP contribution < -0.4 is 0 Å². The minimum absolute atomic E-state index is 0.0309. The largest absolute Gasteiger partial charge is 0.334 e. The summed E-state index contributed by atoms with van der Waals surface area (Å²) in [5, 5.41) is 4.69. The molecule has 29 heavy (non-hydrogen) atoms. The molecule has 4 rings (SSSR count). The van der Waals surface area contributed by atoms with Crippen molar-refractivity contribution in [1.29, 1.82) is 0 Å². The molecule has 2 aromatic carbocycles. The molecule has 9 heteroatoms. The Bertz CT molecular complexity index is 1050. The maximum atomic E-state index is 12.7. The molecule has 0 radical (unpaired) electrons. The summed E-state index contributed by atoms with van der Waals surface area (Å²) >= 11 is 5.90. The molecule has 3 aromatic rings. The predicted octanol–water partition coefficient (Wildman–Crippen LogP) is 3.04. The number of halogens is 1. The molecule has 0 atom stereocenters. The van der Waals surface area contributed by atoms with Gasteiger partial charge in [0.15, 0.2) is 5.82 Å². The molecule has 0 unspecified atom stereocenters. The Morgan fingerprint density at radius 3 is 2.34 bits per heavy atom. The van der Waals surface area contributed by atoms with E-state index in [0.29, 0.717) is 49.5 Å². The van der Waals surface area contributed by atoms with Gasteiger partial charge in [-0.15, -0.1) is 0 Å². The zero-order chi connectivity index (χ0) is 20.3. The monoisotopic (exact) mass is 432 g/mol. The highest BCUT2D eigenvalue weighted by Crippen LogP contribution is 2.20. The summed E-state index contributed by atoms with van der Waals surface area (Å²) in [7, 11) is -3.32. The molecule has 0 saturated carbocycles. The fourth-order valence-electron chi connectivity index (χ4n) is 3.27. The quantitative estimate of drug-likeness (QED) is 0.595. The number of sulfonamides is 1. The van der Waals surface area contributed by atoms with E-state index < -0.39 is 10.0 Å². The van der Waals surface area contributed by atoms with Crippen LogP contribution in [0.25, 0.3) is 11.5 Å². The summed E-state index contributed by atoms with van der Waals surface area (Å²) in [6.07, 6.45) is 0. The van der Waals surface area contributed by atoms with E-state index in [9.17, 15) is 8.42 Å². The van der Waals surface area contributed by atoms with Crippen LogP contribution in [0.3, 0.4) is 0 Å². The average Bonchev–Trinajstić information content (AvgIpc) is 3.18. The first-order chi connectivity index (χ1) is 14.0. The molecular formula is C20H21ClN4O3S. The van der Waals surface area contributed by atoms with Gasteiger partial charge in [-0.1, -0.05) is 47.1 Å². The Hall–Kier alpha value is -2.26. The minimum Gasteiger partial charge on any atom is -0.334 e. The van der Waals surface area contributed by atoms with Crippen molar-refractivity contribution in [1.82, 2.24) is 19.3 Å². The van der Waals surface area contributed by atoms with E-state index in [0.717, 1.165) is 11.1 Å². The van der Waals surface area contributed by atoms with Crippen molar-refractivity contribution in [2.75, 3.05) is 26.2 Å². The zero-order valence-electron chi connectivity index (χ0n) is 15.7. The SMILES string of the molecule is O=S(=O)(Cc1ccccc1)N1CCN(Cc2noc(-c3ccc(Cl)cc3)n2)CC1. The first-order valence-electron chi connectivity index (χ1n) is 9.32. The topological polar surface area (TPSA) is 79.5 Å². The fraction of sp³-hybridized carbons (Fsp3) is 0.300. The van der Waals surface area contributed by atoms with Gasteiger partial charge in [-0.05, 0) is 29.8 Å². The molecule has 152 valence electrons. The third-order valence-electron chi connectivity index (χ3n) is 4.84. The number of hydrogen-bond acceptors (Lipinski definition) is 6. The van der Waals surface area contributed by atoms with Gasteiger partial charge < -0.3 is 4.52 Å². The van der Waals surface area contributed by atoms with Gasteiger partial charge >= 0.3 is 0 Å². The number of rotatable bonds is 6. The van der Waals surface area contributed by atoms with Gasteiger partial charge in [-0.2, -0.15) is 9.29 Å². The Morgan fingerprint density at radius 2 is 1.66 bits per heavy atom. The maximum Gasteiger partial charge on any atom is 0.257 e. The molecular weight excluding hydrogens is 412 g/mol. The van der Waals surface area contributed by atoms with Gasteiger partial charge in [-0.3, -0.25) is 4.90 Å². The van der Waals surface area contributed by atoms with Gasteiger partial charge in [0.25, 0.3) is 5.89 Å². The molecule has 1 aliphatic rings. The van der Waals surface area contributed by atoms with Gasteiger partial charge in [0.1, 0.15) is 0 Å². The van der Waals surface area contributed by atoms with Crippen LogP contribution in [-0.4, -0.2) is 53.9 Å². The second kappa shape index (κ2) is 8.62. The Balaban J connectivity index is 1.33. The van der Waals surface area contributed by atoms with Crippen molar-refractivity contribution in [2.24, 2.45) is 0 Å². The molecule has 0 N–H and O–H groups in total. The van der Waals surface area contributed by atoms with E-state index in [2.05, 4.69) is 15.0 Å². The second-order valence-electron chi connectivity index (χ2n) is 6.94. The van der Waals surface area contributed by atoms with Crippen LogP contribution in [0, 0.1) is 0 Å². The van der Waals surface area contributed by atoms with E-state index in [1.165, 1.54) is 0 Å². The van der Waals surface area contributed by atoms with Crippen LogP contribution in [0.1, 0.15) is 11.4 Å². The van der Waals surface area contributed by atoms with Crippen molar-refractivity contribution < 1.29 is 12.9 Å². The lowest BCUT2D eigenvalue weighted by atomic mass is 10.2. The molecule has 0 aliphatic carbocycles. The van der Waals surface area contributed by atoms with E-state index >= 15 is 0 Å². The maximum absolute atomic E-state index is 12.7. The normalized spacial score (nSPS) is 16.2. The summed E-state index contributed by atoms with van der Waals surface area (Å²) in [4.78, 5) is 6.56. The minimum atomic E-state index is -3.32. The Morgan fingerprint density at radius 1 is 0.966 bits per heavy atom. The van der Waals surface area contributed by atoms with Crippen LogP contribution in [0.4, 0.5) is 0 Å². The molecule has 1 saturated heterocycles. The van der Waals surface area contributed by atoms with E-state index in [-0.39, 0.29) is 5.75 Å². The number of hydrogen-bond donors (Lipinski definition) is 0. The van der Waals surface area contributed by atoms with Gasteiger partial charge in [0.2, 0.25) is 10.0 Å². The van der Waals surface area contributed by atoms with Crippen molar-refractivity contribution in [2.45, 2.75) is 12.3 Å². The van der Waals surface area contributed by atoms with E-state index in [1.807, 2.05) is 42.5 Å². The lowest BCUT2D eigenvalue weighted by Gasteiger charge is -2.33. The lowest BCUT2D eigenvalue weighted by molar-refractivity contribution is 0.176. The van der Waals surface area contributed by atoms with Crippen LogP contribution in [-0.2, 0) is 22.3 Å². The highest BCUT2D eigenvalue weighted by molar-refractivity contribution is 7.88. The van der Waals surface area contributed by atoms with Crippen LogP contribution in [0.15, 0.2) is 59.1 Å². The highest BCUT2D eigenvalue weighted by Gasteiger charge is 2.27. The first-order valence-corrected chi connectivity index (χ1v) is 11.3. The summed E-state index contributed by atoms with van der Waals surface area (Å²) in [6, 6.07) is 16.5. The molecule has 1 aliphatic heterocycles. The standard InChI is InChI=1S/C20H21ClN4O3S/c21-18-8-6-17(7-9-18)20-22-19(23-28-20)14-24-10-12-25(13-11-24)29(26,27)15-16-4-2-1-3-5-16/h1-9H,10-15H2. The van der Waals surface area contributed by atoms with E-state index in [1.54, 1.807) is 16.4 Å². The summed E-state index contributed by atoms with van der Waals surface area (Å²) < 4.78 is 32.2. The highest BCUT2D eigenvalue weighted by atomic mass is 35.5.